The first-order valence-electron chi connectivity index (χ1n) is 7.01. The quantitative estimate of drug-likeness (QED) is 0.464. The van der Waals surface area contributed by atoms with E-state index in [2.05, 4.69) is 5.92 Å². The zero-order valence-electron chi connectivity index (χ0n) is 13.2. The molecule has 1 rings (SSSR count). The van der Waals surface area contributed by atoms with Crippen LogP contribution in [-0.2, 0) is 28.4 Å². The van der Waals surface area contributed by atoms with E-state index in [1.807, 2.05) is 0 Å². The molecule has 0 unspecified atom stereocenters. The number of hydrogen-bond donors (Lipinski definition) is 0. The van der Waals surface area contributed by atoms with Crippen LogP contribution in [-0.4, -0.2) is 72.4 Å². The van der Waals surface area contributed by atoms with Gasteiger partial charge in [0, 0.05) is 34.9 Å². The highest BCUT2D eigenvalue weighted by molar-refractivity contribution is 4.92. The molecule has 122 valence electrons. The van der Waals surface area contributed by atoms with E-state index in [1.54, 1.807) is 28.4 Å². The van der Waals surface area contributed by atoms with Crippen LogP contribution < -0.4 is 0 Å². The largest absolute Gasteiger partial charge is 0.382 e. The van der Waals surface area contributed by atoms with E-state index in [-0.39, 0.29) is 24.4 Å². The van der Waals surface area contributed by atoms with Crippen LogP contribution in [0.25, 0.3) is 0 Å². The van der Waals surface area contributed by atoms with Gasteiger partial charge < -0.3 is 28.4 Å². The maximum absolute atomic E-state index is 5.92. The van der Waals surface area contributed by atoms with E-state index < -0.39 is 6.29 Å². The van der Waals surface area contributed by atoms with Crippen LogP contribution in [0.5, 0.6) is 0 Å². The fourth-order valence-electron chi connectivity index (χ4n) is 2.49. The summed E-state index contributed by atoms with van der Waals surface area (Å²) in [6, 6.07) is 0. The van der Waals surface area contributed by atoms with E-state index in [1.165, 1.54) is 0 Å². The molecule has 1 saturated heterocycles. The molecule has 0 radical (unpaired) electrons. The molecule has 6 nitrogen and oxygen atoms in total. The van der Waals surface area contributed by atoms with E-state index in [0.29, 0.717) is 19.6 Å². The minimum absolute atomic E-state index is 0.283. The van der Waals surface area contributed by atoms with Gasteiger partial charge in [0.2, 0.25) is 0 Å². The highest BCUT2D eigenvalue weighted by Crippen LogP contribution is 2.28. The number of terminal acetylenes is 1. The second kappa shape index (κ2) is 10.1. The average molecular weight is 302 g/mol. The van der Waals surface area contributed by atoms with Crippen molar-refractivity contribution in [1.29, 1.82) is 0 Å². The first-order valence-corrected chi connectivity index (χ1v) is 7.01. The topological polar surface area (TPSA) is 55.4 Å². The van der Waals surface area contributed by atoms with Gasteiger partial charge in [0.25, 0.3) is 0 Å². The Bertz CT molecular complexity index is 316. The molecule has 0 bridgehead atoms. The molecule has 0 amide bonds. The summed E-state index contributed by atoms with van der Waals surface area (Å²) >= 11 is 0. The molecular formula is C15H26O6. The number of hydrogen-bond acceptors (Lipinski definition) is 6. The summed E-state index contributed by atoms with van der Waals surface area (Å²) in [5.74, 6) is 2.58. The first-order chi connectivity index (χ1) is 10.2. The van der Waals surface area contributed by atoms with Gasteiger partial charge in [-0.25, -0.2) is 0 Å². The number of methoxy groups -OCH3 is 4. The van der Waals surface area contributed by atoms with E-state index in [0.717, 1.165) is 6.42 Å². The fourth-order valence-corrected chi connectivity index (χ4v) is 2.49. The molecule has 1 fully saturated rings. The summed E-state index contributed by atoms with van der Waals surface area (Å²) in [5, 5.41) is 0. The van der Waals surface area contributed by atoms with Gasteiger partial charge in [-0.05, 0) is 6.42 Å². The zero-order valence-corrected chi connectivity index (χ0v) is 13.2. The summed E-state index contributed by atoms with van der Waals surface area (Å²) in [4.78, 5) is 0. The minimum Gasteiger partial charge on any atom is -0.382 e. The van der Waals surface area contributed by atoms with Crippen LogP contribution in [0.3, 0.4) is 0 Å². The van der Waals surface area contributed by atoms with Crippen molar-refractivity contribution in [3.05, 3.63) is 0 Å². The van der Waals surface area contributed by atoms with Crippen LogP contribution in [0.1, 0.15) is 12.8 Å². The van der Waals surface area contributed by atoms with Gasteiger partial charge in [0.15, 0.2) is 6.29 Å². The lowest BCUT2D eigenvalue weighted by Gasteiger charge is -2.44. The van der Waals surface area contributed by atoms with Crippen LogP contribution in [0, 0.1) is 12.3 Å². The van der Waals surface area contributed by atoms with Crippen molar-refractivity contribution >= 4 is 0 Å². The Balaban J connectivity index is 2.73. The van der Waals surface area contributed by atoms with Crippen LogP contribution in [0.4, 0.5) is 0 Å². The summed E-state index contributed by atoms with van der Waals surface area (Å²) in [5.41, 5.74) is 0. The lowest BCUT2D eigenvalue weighted by Crippen LogP contribution is -2.61. The normalized spacial score (nSPS) is 32.8. The second-order valence-electron chi connectivity index (χ2n) is 4.78. The Morgan fingerprint density at radius 2 is 1.67 bits per heavy atom. The van der Waals surface area contributed by atoms with Gasteiger partial charge in [0.05, 0.1) is 13.2 Å². The molecule has 1 aliphatic rings. The molecule has 0 aromatic heterocycles. The van der Waals surface area contributed by atoms with Gasteiger partial charge in [-0.2, -0.15) is 0 Å². The molecule has 0 N–H and O–H groups in total. The minimum atomic E-state index is -0.538. The van der Waals surface area contributed by atoms with Crippen LogP contribution in [0.15, 0.2) is 0 Å². The molecule has 0 aromatic carbocycles. The van der Waals surface area contributed by atoms with E-state index in [4.69, 9.17) is 34.8 Å². The van der Waals surface area contributed by atoms with Crippen molar-refractivity contribution in [2.75, 3.05) is 41.7 Å². The third-order valence-electron chi connectivity index (χ3n) is 3.49. The summed E-state index contributed by atoms with van der Waals surface area (Å²) in [7, 11) is 6.45. The zero-order chi connectivity index (χ0) is 15.7. The number of ether oxygens (including phenoxy) is 6. The molecule has 1 aliphatic heterocycles. The van der Waals surface area contributed by atoms with Crippen molar-refractivity contribution in [2.45, 2.75) is 43.5 Å². The van der Waals surface area contributed by atoms with Crippen molar-refractivity contribution in [3.8, 4) is 12.3 Å². The predicted molar refractivity (Wildman–Crippen MR) is 76.9 cm³/mol. The SMILES string of the molecule is C#CCCCO[C@@H]1O[C@H](COC)[C@@H](OC)[C@H](OC)[C@H]1OC. The summed E-state index contributed by atoms with van der Waals surface area (Å²) in [6.45, 7) is 0.890. The molecule has 1 heterocycles. The predicted octanol–water partition coefficient (Wildman–Crippen LogP) is 0.833. The molecule has 5 atom stereocenters. The second-order valence-corrected chi connectivity index (χ2v) is 4.78. The Kier molecular flexibility index (Phi) is 8.85. The molecule has 21 heavy (non-hydrogen) atoms. The maximum atomic E-state index is 5.92. The van der Waals surface area contributed by atoms with Gasteiger partial charge in [-0.1, -0.05) is 0 Å². The van der Waals surface area contributed by atoms with Crippen molar-refractivity contribution in [1.82, 2.24) is 0 Å². The number of rotatable bonds is 9. The van der Waals surface area contributed by atoms with Gasteiger partial charge in [0.1, 0.15) is 24.4 Å². The van der Waals surface area contributed by atoms with Gasteiger partial charge >= 0.3 is 0 Å². The monoisotopic (exact) mass is 302 g/mol. The Morgan fingerprint density at radius 1 is 1.00 bits per heavy atom. The molecule has 6 heteroatoms. The highest BCUT2D eigenvalue weighted by Gasteiger charge is 2.47. The molecular weight excluding hydrogens is 276 g/mol. The molecule has 0 spiro atoms. The third kappa shape index (κ3) is 4.92. The standard InChI is InChI=1S/C15H26O6/c1-6-7-8-9-20-15-14(19-5)13(18-4)12(17-3)11(21-15)10-16-2/h1,11-15H,7-10H2,2-5H3/t11-,12-,13+,14-,15-/m1/s1. The summed E-state index contributed by atoms with van der Waals surface area (Å²) in [6.07, 6.45) is 4.88. The van der Waals surface area contributed by atoms with Crippen molar-refractivity contribution < 1.29 is 28.4 Å². The lowest BCUT2D eigenvalue weighted by molar-refractivity contribution is -0.313. The third-order valence-corrected chi connectivity index (χ3v) is 3.49. The molecule has 0 saturated carbocycles. The molecule has 0 aromatic rings. The Hall–Kier alpha value is -0.680. The van der Waals surface area contributed by atoms with Crippen molar-refractivity contribution in [2.24, 2.45) is 0 Å². The number of unbranched alkanes of at least 4 members (excludes halogenated alkanes) is 1. The van der Waals surface area contributed by atoms with Crippen LogP contribution in [0.2, 0.25) is 0 Å². The van der Waals surface area contributed by atoms with Crippen molar-refractivity contribution in [3.63, 3.8) is 0 Å². The Labute approximate surface area is 127 Å². The summed E-state index contributed by atoms with van der Waals surface area (Å²) < 4.78 is 33.4. The van der Waals surface area contributed by atoms with E-state index in [9.17, 15) is 0 Å². The van der Waals surface area contributed by atoms with E-state index >= 15 is 0 Å². The van der Waals surface area contributed by atoms with Crippen LogP contribution >= 0.6 is 0 Å². The maximum Gasteiger partial charge on any atom is 0.186 e. The van der Waals surface area contributed by atoms with Gasteiger partial charge in [-0.3, -0.25) is 0 Å². The average Bonchev–Trinajstić information content (AvgIpc) is 2.51. The fraction of sp³-hybridized carbons (Fsp3) is 0.867. The van der Waals surface area contributed by atoms with Gasteiger partial charge in [-0.15, -0.1) is 12.3 Å². The first kappa shape index (κ1) is 18.4. The Morgan fingerprint density at radius 3 is 2.19 bits per heavy atom. The molecule has 0 aliphatic carbocycles. The smallest absolute Gasteiger partial charge is 0.186 e. The highest BCUT2D eigenvalue weighted by atomic mass is 16.7. The lowest BCUT2D eigenvalue weighted by atomic mass is 9.98.